The molecule has 3 heterocycles. The molecule has 2 unspecified atom stereocenters. The SMILES string of the molecule is CC(C)CN1C(=O)c2ccccc2C(C(=O)Nc2cccnc2Cl)C1c1cccs1. The normalized spacial score (nSPS) is 18.4. The molecule has 0 fully saturated rings. The molecule has 1 N–H and O–H groups in total. The number of carbonyl (C=O) groups excluding carboxylic acids is 2. The van der Waals surface area contributed by atoms with Gasteiger partial charge in [0, 0.05) is 23.2 Å². The number of carbonyl (C=O) groups is 2. The van der Waals surface area contributed by atoms with Gasteiger partial charge in [0.15, 0.2) is 5.15 Å². The fourth-order valence-electron chi connectivity index (χ4n) is 3.94. The van der Waals surface area contributed by atoms with E-state index >= 15 is 0 Å². The molecule has 7 heteroatoms. The number of rotatable bonds is 5. The van der Waals surface area contributed by atoms with Gasteiger partial charge in [-0.05, 0) is 41.1 Å². The van der Waals surface area contributed by atoms with E-state index in [1.165, 1.54) is 0 Å². The number of halogens is 1. The van der Waals surface area contributed by atoms with E-state index in [2.05, 4.69) is 24.1 Å². The number of hydrogen-bond acceptors (Lipinski definition) is 4. The number of benzene rings is 1. The Morgan fingerprint density at radius 3 is 2.70 bits per heavy atom. The van der Waals surface area contributed by atoms with E-state index in [1.807, 2.05) is 40.6 Å². The van der Waals surface area contributed by atoms with Crippen molar-refractivity contribution in [2.24, 2.45) is 5.92 Å². The Hall–Kier alpha value is -2.70. The van der Waals surface area contributed by atoms with Crippen LogP contribution in [0, 0.1) is 5.92 Å². The van der Waals surface area contributed by atoms with Gasteiger partial charge in [-0.1, -0.05) is 49.7 Å². The molecule has 154 valence electrons. The number of nitrogens with zero attached hydrogens (tertiary/aromatic N) is 2. The number of pyridine rings is 1. The molecule has 2 aromatic heterocycles. The topological polar surface area (TPSA) is 62.3 Å². The zero-order valence-electron chi connectivity index (χ0n) is 16.7. The maximum atomic E-state index is 13.6. The van der Waals surface area contributed by atoms with Crippen LogP contribution in [-0.4, -0.2) is 28.2 Å². The van der Waals surface area contributed by atoms with Crippen molar-refractivity contribution in [2.45, 2.75) is 25.8 Å². The molecule has 5 nitrogen and oxygen atoms in total. The largest absolute Gasteiger partial charge is 0.329 e. The first-order chi connectivity index (χ1) is 14.5. The fraction of sp³-hybridized carbons (Fsp3) is 0.261. The summed E-state index contributed by atoms with van der Waals surface area (Å²) in [7, 11) is 0. The van der Waals surface area contributed by atoms with Gasteiger partial charge in [-0.25, -0.2) is 4.98 Å². The number of thiophene rings is 1. The third kappa shape index (κ3) is 3.85. The average Bonchev–Trinajstić information content (AvgIpc) is 3.25. The molecule has 0 saturated carbocycles. The van der Waals surface area contributed by atoms with Gasteiger partial charge in [0.2, 0.25) is 5.91 Å². The quantitative estimate of drug-likeness (QED) is 0.543. The predicted octanol–water partition coefficient (Wildman–Crippen LogP) is 5.37. The number of hydrogen-bond donors (Lipinski definition) is 1. The molecule has 30 heavy (non-hydrogen) atoms. The summed E-state index contributed by atoms with van der Waals surface area (Å²) in [6, 6.07) is 14.4. The molecule has 1 aromatic carbocycles. The molecule has 2 atom stereocenters. The summed E-state index contributed by atoms with van der Waals surface area (Å²) in [5, 5.41) is 5.14. The lowest BCUT2D eigenvalue weighted by Crippen LogP contribution is -2.47. The zero-order chi connectivity index (χ0) is 21.3. The Bertz CT molecular complexity index is 1070. The molecule has 0 saturated heterocycles. The highest BCUT2D eigenvalue weighted by Crippen LogP contribution is 2.45. The van der Waals surface area contributed by atoms with Crippen molar-refractivity contribution in [1.29, 1.82) is 0 Å². The molecule has 3 aromatic rings. The van der Waals surface area contributed by atoms with E-state index in [-0.39, 0.29) is 28.9 Å². The minimum absolute atomic E-state index is 0.0406. The first kappa shape index (κ1) is 20.6. The van der Waals surface area contributed by atoms with Gasteiger partial charge in [0.05, 0.1) is 17.6 Å². The fourth-order valence-corrected chi connectivity index (χ4v) is 4.98. The van der Waals surface area contributed by atoms with Crippen molar-refractivity contribution >= 4 is 40.4 Å². The van der Waals surface area contributed by atoms with E-state index < -0.39 is 5.92 Å². The molecular weight excluding hydrogens is 418 g/mol. The van der Waals surface area contributed by atoms with Crippen molar-refractivity contribution in [3.8, 4) is 0 Å². The Morgan fingerprint density at radius 2 is 2.00 bits per heavy atom. The Balaban J connectivity index is 1.83. The first-order valence-corrected chi connectivity index (χ1v) is 11.1. The lowest BCUT2D eigenvalue weighted by atomic mass is 9.81. The van der Waals surface area contributed by atoms with Gasteiger partial charge in [-0.15, -0.1) is 11.3 Å². The van der Waals surface area contributed by atoms with Gasteiger partial charge in [-0.2, -0.15) is 0 Å². The van der Waals surface area contributed by atoms with Gasteiger partial charge in [0.25, 0.3) is 5.91 Å². The second-order valence-corrected chi connectivity index (χ2v) is 9.04. The first-order valence-electron chi connectivity index (χ1n) is 9.82. The van der Waals surface area contributed by atoms with Crippen molar-refractivity contribution in [2.75, 3.05) is 11.9 Å². The zero-order valence-corrected chi connectivity index (χ0v) is 18.3. The predicted molar refractivity (Wildman–Crippen MR) is 120 cm³/mol. The van der Waals surface area contributed by atoms with Gasteiger partial charge in [-0.3, -0.25) is 9.59 Å². The maximum absolute atomic E-state index is 13.6. The highest BCUT2D eigenvalue weighted by molar-refractivity contribution is 7.10. The van der Waals surface area contributed by atoms with Crippen LogP contribution in [0.25, 0.3) is 0 Å². The smallest absolute Gasteiger partial charge is 0.254 e. The van der Waals surface area contributed by atoms with Crippen LogP contribution in [0.5, 0.6) is 0 Å². The number of amides is 2. The lowest BCUT2D eigenvalue weighted by Gasteiger charge is -2.42. The molecule has 0 radical (unpaired) electrons. The third-order valence-electron chi connectivity index (χ3n) is 5.13. The Kier molecular flexibility index (Phi) is 5.88. The second-order valence-electron chi connectivity index (χ2n) is 7.71. The highest BCUT2D eigenvalue weighted by atomic mass is 35.5. The molecule has 1 aliphatic rings. The Morgan fingerprint density at radius 1 is 1.20 bits per heavy atom. The third-order valence-corrected chi connectivity index (χ3v) is 6.38. The number of nitrogens with one attached hydrogen (secondary N) is 1. The number of aromatic nitrogens is 1. The standard InChI is InChI=1S/C23H22ClN3O2S/c1-14(2)13-27-20(18-10-6-12-30-18)19(15-7-3-4-8-16(15)23(27)29)22(28)26-17-9-5-11-25-21(17)24/h3-12,14,19-20H,13H2,1-2H3,(H,26,28). The van der Waals surface area contributed by atoms with Crippen LogP contribution in [0.4, 0.5) is 5.69 Å². The number of fused-ring (bicyclic) bond motifs is 1. The average molecular weight is 440 g/mol. The van der Waals surface area contributed by atoms with Crippen LogP contribution in [0.1, 0.15) is 46.6 Å². The number of anilines is 1. The summed E-state index contributed by atoms with van der Waals surface area (Å²) < 4.78 is 0. The summed E-state index contributed by atoms with van der Waals surface area (Å²) in [4.78, 5) is 33.9. The van der Waals surface area contributed by atoms with Crippen molar-refractivity contribution in [1.82, 2.24) is 9.88 Å². The molecule has 0 bridgehead atoms. The van der Waals surface area contributed by atoms with Crippen molar-refractivity contribution in [3.05, 3.63) is 81.3 Å². The summed E-state index contributed by atoms with van der Waals surface area (Å²) in [5.74, 6) is -0.552. The summed E-state index contributed by atoms with van der Waals surface area (Å²) >= 11 is 7.73. The summed E-state index contributed by atoms with van der Waals surface area (Å²) in [5.41, 5.74) is 1.76. The Labute approximate surface area is 184 Å². The lowest BCUT2D eigenvalue weighted by molar-refractivity contribution is -0.119. The van der Waals surface area contributed by atoms with Gasteiger partial charge < -0.3 is 10.2 Å². The van der Waals surface area contributed by atoms with Crippen LogP contribution in [0.2, 0.25) is 5.15 Å². The monoisotopic (exact) mass is 439 g/mol. The minimum atomic E-state index is -0.562. The summed E-state index contributed by atoms with van der Waals surface area (Å²) in [6.07, 6.45) is 1.57. The van der Waals surface area contributed by atoms with Gasteiger partial charge in [0.1, 0.15) is 0 Å². The van der Waals surface area contributed by atoms with E-state index in [0.29, 0.717) is 17.8 Å². The van der Waals surface area contributed by atoms with Crippen LogP contribution < -0.4 is 5.32 Å². The molecule has 2 amide bonds. The van der Waals surface area contributed by atoms with E-state index in [1.54, 1.807) is 35.7 Å². The van der Waals surface area contributed by atoms with E-state index in [0.717, 1.165) is 10.4 Å². The highest BCUT2D eigenvalue weighted by Gasteiger charge is 2.44. The molecule has 4 rings (SSSR count). The molecule has 0 aliphatic carbocycles. The van der Waals surface area contributed by atoms with E-state index in [4.69, 9.17) is 11.6 Å². The maximum Gasteiger partial charge on any atom is 0.254 e. The van der Waals surface area contributed by atoms with Gasteiger partial charge >= 0.3 is 0 Å². The summed E-state index contributed by atoms with van der Waals surface area (Å²) in [6.45, 7) is 4.71. The van der Waals surface area contributed by atoms with Crippen LogP contribution >= 0.6 is 22.9 Å². The van der Waals surface area contributed by atoms with Crippen molar-refractivity contribution in [3.63, 3.8) is 0 Å². The second kappa shape index (κ2) is 8.58. The van der Waals surface area contributed by atoms with Crippen LogP contribution in [-0.2, 0) is 4.79 Å². The molecular formula is C23H22ClN3O2S. The minimum Gasteiger partial charge on any atom is -0.329 e. The van der Waals surface area contributed by atoms with Crippen LogP contribution in [0.3, 0.4) is 0 Å². The van der Waals surface area contributed by atoms with E-state index in [9.17, 15) is 9.59 Å². The van der Waals surface area contributed by atoms with Crippen LogP contribution in [0.15, 0.2) is 60.1 Å². The molecule has 1 aliphatic heterocycles. The molecule has 0 spiro atoms. The van der Waals surface area contributed by atoms with Crippen molar-refractivity contribution < 1.29 is 9.59 Å².